The summed E-state index contributed by atoms with van der Waals surface area (Å²) < 4.78 is -0.221. The molecule has 0 spiro atoms. The minimum absolute atomic E-state index is 0.216. The Bertz CT molecular complexity index is 528. The molecule has 1 fully saturated rings. The molecule has 0 aromatic heterocycles. The summed E-state index contributed by atoms with van der Waals surface area (Å²) in [5, 5.41) is 0. The van der Waals surface area contributed by atoms with Crippen molar-refractivity contribution in [3.8, 4) is 0 Å². The molecule has 1 heterocycles. The van der Waals surface area contributed by atoms with Crippen molar-refractivity contribution in [3.05, 3.63) is 29.8 Å². The number of anilines is 1. The second-order valence-electron chi connectivity index (χ2n) is 5.57. The van der Waals surface area contributed by atoms with E-state index in [0.717, 1.165) is 18.5 Å². The Hall–Kier alpha value is -0.350. The number of amides is 1. The zero-order chi connectivity index (χ0) is 13.1. The first-order chi connectivity index (χ1) is 8.37. The van der Waals surface area contributed by atoms with Crippen LogP contribution in [0, 0.1) is 5.41 Å². The van der Waals surface area contributed by atoms with Crippen LogP contribution in [-0.2, 0) is 11.2 Å². The Labute approximate surface area is 124 Å². The summed E-state index contributed by atoms with van der Waals surface area (Å²) in [6.07, 6.45) is 1.79. The summed E-state index contributed by atoms with van der Waals surface area (Å²) in [5.74, 6) is 0.216. The highest BCUT2D eigenvalue weighted by atomic mass is 79.9. The predicted molar refractivity (Wildman–Crippen MR) is 80.4 cm³/mol. The highest BCUT2D eigenvalue weighted by Gasteiger charge is 2.68. The molecule has 2 atom stereocenters. The highest BCUT2D eigenvalue weighted by Crippen LogP contribution is 2.67. The van der Waals surface area contributed by atoms with Crippen LogP contribution in [0.25, 0.3) is 0 Å². The minimum Gasteiger partial charge on any atom is -0.308 e. The lowest BCUT2D eigenvalue weighted by atomic mass is 10.1. The van der Waals surface area contributed by atoms with Crippen molar-refractivity contribution in [2.75, 3.05) is 4.90 Å². The number of hydrogen-bond donors (Lipinski definition) is 0. The Morgan fingerprint density at radius 3 is 2.61 bits per heavy atom. The fourth-order valence-corrected chi connectivity index (χ4v) is 4.23. The van der Waals surface area contributed by atoms with Crippen molar-refractivity contribution >= 4 is 43.5 Å². The van der Waals surface area contributed by atoms with Crippen LogP contribution in [0.5, 0.6) is 0 Å². The summed E-state index contributed by atoms with van der Waals surface area (Å²) in [6.45, 7) is 4.14. The molecule has 96 valence electrons. The van der Waals surface area contributed by atoms with Crippen LogP contribution in [0.1, 0.15) is 25.8 Å². The van der Waals surface area contributed by atoms with E-state index in [1.807, 2.05) is 30.0 Å². The van der Waals surface area contributed by atoms with Crippen LogP contribution >= 0.6 is 31.9 Å². The molecule has 1 amide bonds. The normalized spacial score (nSPS) is 32.2. The lowest BCUT2D eigenvalue weighted by Gasteiger charge is -2.27. The first-order valence-corrected chi connectivity index (χ1v) is 7.75. The van der Waals surface area contributed by atoms with Crippen LogP contribution in [-0.4, -0.2) is 15.2 Å². The standard InChI is InChI=1S/C14H15Br2NO/c1-9-7-10-5-3-4-6-11(10)17(9)12(18)13(2)8-14(13,15)16/h3-6,9H,7-8H2,1-2H3/t9-,13+/m0/s1. The lowest BCUT2D eigenvalue weighted by molar-refractivity contribution is -0.123. The molecule has 2 nitrogen and oxygen atoms in total. The molecule has 1 aromatic carbocycles. The summed E-state index contributed by atoms with van der Waals surface area (Å²) in [4.78, 5) is 14.8. The largest absolute Gasteiger partial charge is 0.308 e. The molecule has 0 unspecified atom stereocenters. The topological polar surface area (TPSA) is 20.3 Å². The number of para-hydroxylation sites is 1. The van der Waals surface area contributed by atoms with E-state index in [2.05, 4.69) is 44.8 Å². The summed E-state index contributed by atoms with van der Waals surface area (Å²) in [5.41, 5.74) is 2.02. The van der Waals surface area contributed by atoms with Crippen molar-refractivity contribution in [2.45, 2.75) is 36.0 Å². The van der Waals surface area contributed by atoms with Crippen LogP contribution < -0.4 is 4.90 Å². The van der Waals surface area contributed by atoms with Crippen molar-refractivity contribution in [2.24, 2.45) is 5.41 Å². The number of carbonyl (C=O) groups excluding carboxylic acids is 1. The van der Waals surface area contributed by atoms with E-state index in [-0.39, 0.29) is 20.6 Å². The number of rotatable bonds is 1. The summed E-state index contributed by atoms with van der Waals surface area (Å²) >= 11 is 7.17. The quantitative estimate of drug-likeness (QED) is 0.685. The first kappa shape index (κ1) is 12.7. The third-order valence-electron chi connectivity index (χ3n) is 4.16. The molecule has 0 saturated heterocycles. The molecule has 0 bridgehead atoms. The van der Waals surface area contributed by atoms with Crippen molar-refractivity contribution in [3.63, 3.8) is 0 Å². The maximum atomic E-state index is 12.8. The maximum Gasteiger partial charge on any atom is 0.235 e. The van der Waals surface area contributed by atoms with Gasteiger partial charge in [-0.2, -0.15) is 0 Å². The average molecular weight is 373 g/mol. The highest BCUT2D eigenvalue weighted by molar-refractivity contribution is 9.25. The van der Waals surface area contributed by atoms with Gasteiger partial charge in [0.15, 0.2) is 0 Å². The predicted octanol–water partition coefficient (Wildman–Crippen LogP) is 3.86. The van der Waals surface area contributed by atoms with Crippen molar-refractivity contribution in [1.82, 2.24) is 0 Å². The molecule has 1 aromatic rings. The van der Waals surface area contributed by atoms with Crippen LogP contribution in [0.2, 0.25) is 0 Å². The smallest absolute Gasteiger partial charge is 0.235 e. The molecule has 1 saturated carbocycles. The third kappa shape index (κ3) is 1.61. The van der Waals surface area contributed by atoms with E-state index < -0.39 is 0 Å². The van der Waals surface area contributed by atoms with Gasteiger partial charge in [-0.25, -0.2) is 0 Å². The van der Waals surface area contributed by atoms with Crippen molar-refractivity contribution in [1.29, 1.82) is 0 Å². The number of fused-ring (bicyclic) bond motifs is 1. The Balaban J connectivity index is 1.97. The molecule has 1 aliphatic carbocycles. The van der Waals surface area contributed by atoms with E-state index in [1.54, 1.807) is 0 Å². The van der Waals surface area contributed by atoms with Gasteiger partial charge in [-0.05, 0) is 38.3 Å². The van der Waals surface area contributed by atoms with E-state index in [0.29, 0.717) is 0 Å². The third-order valence-corrected chi connectivity index (χ3v) is 6.47. The number of alkyl halides is 2. The fourth-order valence-electron chi connectivity index (χ4n) is 2.77. The SMILES string of the molecule is C[C@H]1Cc2ccccc2N1C(=O)[C@@]1(C)CC1(Br)Br. The van der Waals surface area contributed by atoms with Gasteiger partial charge < -0.3 is 4.90 Å². The molecule has 1 aliphatic heterocycles. The van der Waals surface area contributed by atoms with E-state index in [1.165, 1.54) is 5.56 Å². The monoisotopic (exact) mass is 371 g/mol. The zero-order valence-electron chi connectivity index (χ0n) is 10.4. The number of hydrogen-bond acceptors (Lipinski definition) is 1. The second kappa shape index (κ2) is 3.83. The van der Waals surface area contributed by atoms with E-state index in [9.17, 15) is 4.79 Å². The number of carbonyl (C=O) groups is 1. The number of halogens is 2. The molecule has 0 N–H and O–H groups in total. The van der Waals surface area contributed by atoms with Gasteiger partial charge in [0.05, 0.1) is 8.65 Å². The average Bonchev–Trinajstić information content (AvgIpc) is 2.67. The molecular weight excluding hydrogens is 358 g/mol. The lowest BCUT2D eigenvalue weighted by Crippen LogP contribution is -2.41. The van der Waals surface area contributed by atoms with Gasteiger partial charge in [0.1, 0.15) is 0 Å². The Kier molecular flexibility index (Phi) is 2.69. The van der Waals surface area contributed by atoms with Gasteiger partial charge in [-0.15, -0.1) is 0 Å². The molecule has 2 aliphatic rings. The zero-order valence-corrected chi connectivity index (χ0v) is 13.6. The molecule has 4 heteroatoms. The van der Waals surface area contributed by atoms with Gasteiger partial charge in [0.25, 0.3) is 0 Å². The molecule has 18 heavy (non-hydrogen) atoms. The maximum absolute atomic E-state index is 12.8. The van der Waals surface area contributed by atoms with Gasteiger partial charge >= 0.3 is 0 Å². The molecule has 3 rings (SSSR count). The summed E-state index contributed by atoms with van der Waals surface area (Å²) in [7, 11) is 0. The molecular formula is C14H15Br2NO. The van der Waals surface area contributed by atoms with E-state index >= 15 is 0 Å². The van der Waals surface area contributed by atoms with Crippen LogP contribution in [0.3, 0.4) is 0 Å². The van der Waals surface area contributed by atoms with Crippen molar-refractivity contribution < 1.29 is 4.79 Å². The van der Waals surface area contributed by atoms with E-state index in [4.69, 9.17) is 0 Å². The van der Waals surface area contributed by atoms with Crippen LogP contribution in [0.15, 0.2) is 24.3 Å². The first-order valence-electron chi connectivity index (χ1n) is 6.16. The Morgan fingerprint density at radius 2 is 2.00 bits per heavy atom. The van der Waals surface area contributed by atoms with Gasteiger partial charge in [-0.3, -0.25) is 4.79 Å². The van der Waals surface area contributed by atoms with Gasteiger partial charge in [0, 0.05) is 11.7 Å². The molecule has 0 radical (unpaired) electrons. The van der Waals surface area contributed by atoms with Crippen LogP contribution in [0.4, 0.5) is 5.69 Å². The minimum atomic E-state index is -0.335. The second-order valence-corrected chi connectivity index (χ2v) is 9.34. The van der Waals surface area contributed by atoms with Gasteiger partial charge in [-0.1, -0.05) is 50.1 Å². The summed E-state index contributed by atoms with van der Waals surface area (Å²) in [6, 6.07) is 8.46. The fraction of sp³-hybridized carbons (Fsp3) is 0.500. The van der Waals surface area contributed by atoms with Gasteiger partial charge in [0.2, 0.25) is 5.91 Å². The Morgan fingerprint density at radius 1 is 1.39 bits per heavy atom. The number of benzene rings is 1. The number of nitrogens with zero attached hydrogens (tertiary/aromatic N) is 1.